The lowest BCUT2D eigenvalue weighted by molar-refractivity contribution is -0.147. The summed E-state index contributed by atoms with van der Waals surface area (Å²) < 4.78 is 18.6. The predicted molar refractivity (Wildman–Crippen MR) is 82.2 cm³/mol. The molecule has 1 aliphatic rings. The highest BCUT2D eigenvalue weighted by molar-refractivity contribution is 6.08. The van der Waals surface area contributed by atoms with Gasteiger partial charge in [0.25, 0.3) is 0 Å². The molecule has 22 heavy (non-hydrogen) atoms. The van der Waals surface area contributed by atoms with Crippen molar-refractivity contribution in [2.75, 3.05) is 16.8 Å². The number of hydrogen-bond donors (Lipinski definition) is 1. The van der Waals surface area contributed by atoms with Crippen LogP contribution in [-0.2, 0) is 14.3 Å². The number of fused-ring (bicyclic) bond motifs is 1. The van der Waals surface area contributed by atoms with Gasteiger partial charge in [0, 0.05) is 0 Å². The van der Waals surface area contributed by atoms with Crippen LogP contribution in [0, 0.1) is 11.7 Å². The zero-order valence-electron chi connectivity index (χ0n) is 13.2. The molecule has 0 bridgehead atoms. The molecular weight excluding hydrogens is 287 g/mol. The number of carbonyl (C=O) groups is 2. The number of ether oxygens (including phenoxy) is 1. The average Bonchev–Trinajstić information content (AvgIpc) is 2.45. The van der Waals surface area contributed by atoms with Crippen LogP contribution < -0.4 is 10.2 Å². The molecule has 5 nitrogen and oxygen atoms in total. The third-order valence-corrected chi connectivity index (χ3v) is 3.49. The Hall–Kier alpha value is -2.11. The first kappa shape index (κ1) is 16.3. The fourth-order valence-electron chi connectivity index (χ4n) is 2.33. The average molecular weight is 308 g/mol. The van der Waals surface area contributed by atoms with Crippen LogP contribution in [0.5, 0.6) is 0 Å². The van der Waals surface area contributed by atoms with Crippen LogP contribution >= 0.6 is 0 Å². The zero-order chi connectivity index (χ0) is 16.4. The molecule has 2 atom stereocenters. The summed E-state index contributed by atoms with van der Waals surface area (Å²) >= 11 is 0. The second-order valence-corrected chi connectivity index (χ2v) is 5.94. The van der Waals surface area contributed by atoms with Gasteiger partial charge in [-0.25, -0.2) is 9.18 Å². The quantitative estimate of drug-likeness (QED) is 0.869. The number of nitrogens with zero attached hydrogens (tertiary/aromatic N) is 1. The molecular formula is C16H21FN2O3. The van der Waals surface area contributed by atoms with Gasteiger partial charge in [-0.05, 0) is 38.0 Å². The molecule has 0 saturated carbocycles. The highest BCUT2D eigenvalue weighted by Gasteiger charge is 2.36. The maximum absolute atomic E-state index is 13.4. The van der Waals surface area contributed by atoms with Gasteiger partial charge in [-0.15, -0.1) is 0 Å². The van der Waals surface area contributed by atoms with Gasteiger partial charge in [0.05, 0.1) is 18.0 Å². The van der Waals surface area contributed by atoms with Gasteiger partial charge in [-0.2, -0.15) is 0 Å². The summed E-state index contributed by atoms with van der Waals surface area (Å²) in [5.74, 6) is -0.891. The second-order valence-electron chi connectivity index (χ2n) is 5.94. The summed E-state index contributed by atoms with van der Waals surface area (Å²) in [5.41, 5.74) is 0.981. The van der Waals surface area contributed by atoms with Crippen molar-refractivity contribution in [3.8, 4) is 0 Å². The number of esters is 1. The monoisotopic (exact) mass is 308 g/mol. The number of nitrogens with one attached hydrogen (secondary N) is 1. The van der Waals surface area contributed by atoms with Crippen molar-refractivity contribution in [2.45, 2.75) is 39.8 Å². The second kappa shape index (κ2) is 6.34. The summed E-state index contributed by atoms with van der Waals surface area (Å²) in [6, 6.07) is 2.78. The van der Waals surface area contributed by atoms with E-state index in [4.69, 9.17) is 4.74 Å². The molecule has 0 spiro atoms. The number of halogens is 1. The first-order valence-electron chi connectivity index (χ1n) is 7.37. The predicted octanol–water partition coefficient (Wildman–Crippen LogP) is 2.56. The summed E-state index contributed by atoms with van der Waals surface area (Å²) in [5, 5.41) is 2.94. The van der Waals surface area contributed by atoms with Gasteiger partial charge in [0.1, 0.15) is 17.9 Å². The molecule has 1 heterocycles. The van der Waals surface area contributed by atoms with Gasteiger partial charge in [-0.1, -0.05) is 13.8 Å². The third-order valence-electron chi connectivity index (χ3n) is 3.49. The minimum atomic E-state index is -0.764. The van der Waals surface area contributed by atoms with Crippen LogP contribution in [-0.4, -0.2) is 30.6 Å². The Kier molecular flexibility index (Phi) is 4.68. The Bertz CT molecular complexity index is 589. The molecule has 1 aromatic carbocycles. The molecule has 0 aromatic heterocycles. The molecule has 0 saturated heterocycles. The van der Waals surface area contributed by atoms with E-state index in [-0.39, 0.29) is 11.8 Å². The summed E-state index contributed by atoms with van der Waals surface area (Å²) in [4.78, 5) is 26.0. The largest absolute Gasteiger partial charge is 0.464 e. The van der Waals surface area contributed by atoms with Crippen molar-refractivity contribution >= 4 is 23.3 Å². The molecule has 0 aliphatic carbocycles. The number of benzene rings is 1. The van der Waals surface area contributed by atoms with Crippen LogP contribution in [0.15, 0.2) is 18.2 Å². The van der Waals surface area contributed by atoms with Crippen molar-refractivity contribution in [1.82, 2.24) is 0 Å². The molecule has 1 amide bonds. The van der Waals surface area contributed by atoms with E-state index in [2.05, 4.69) is 5.32 Å². The van der Waals surface area contributed by atoms with Gasteiger partial charge < -0.3 is 10.1 Å². The van der Waals surface area contributed by atoms with Crippen molar-refractivity contribution in [3.63, 3.8) is 0 Å². The van der Waals surface area contributed by atoms with Crippen LogP contribution in [0.4, 0.5) is 15.8 Å². The third kappa shape index (κ3) is 3.21. The van der Waals surface area contributed by atoms with Crippen molar-refractivity contribution in [2.24, 2.45) is 5.92 Å². The Morgan fingerprint density at radius 1 is 1.41 bits per heavy atom. The lowest BCUT2D eigenvalue weighted by Gasteiger charge is -2.36. The number of carbonyl (C=O) groups excluding carboxylic acids is 2. The number of anilines is 2. The fraction of sp³-hybridized carbons (Fsp3) is 0.500. The van der Waals surface area contributed by atoms with E-state index in [9.17, 15) is 14.0 Å². The molecule has 1 N–H and O–H groups in total. The normalized spacial score (nSPS) is 18.7. The van der Waals surface area contributed by atoms with Gasteiger partial charge in [0.2, 0.25) is 5.91 Å². The van der Waals surface area contributed by atoms with Gasteiger partial charge >= 0.3 is 5.97 Å². The maximum Gasteiger partial charge on any atom is 0.328 e. The number of amides is 1. The van der Waals surface area contributed by atoms with E-state index in [1.807, 2.05) is 13.8 Å². The van der Waals surface area contributed by atoms with E-state index >= 15 is 0 Å². The molecule has 2 rings (SSSR count). The molecule has 1 aliphatic heterocycles. The van der Waals surface area contributed by atoms with E-state index < -0.39 is 23.9 Å². The van der Waals surface area contributed by atoms with Crippen LogP contribution in [0.2, 0.25) is 0 Å². The zero-order valence-corrected chi connectivity index (χ0v) is 13.2. The smallest absolute Gasteiger partial charge is 0.328 e. The molecule has 2 unspecified atom stereocenters. The van der Waals surface area contributed by atoms with Crippen molar-refractivity contribution < 1.29 is 18.7 Å². The number of rotatable bonds is 4. The minimum absolute atomic E-state index is 0.218. The molecule has 0 radical (unpaired) electrons. The van der Waals surface area contributed by atoms with Crippen LogP contribution in [0.1, 0.15) is 27.7 Å². The highest BCUT2D eigenvalue weighted by atomic mass is 19.1. The SMILES string of the molecule is CC(C)COC(=O)C(C)N1C(=O)C(C)Nc2cc(F)ccc21. The molecule has 1 aromatic rings. The van der Waals surface area contributed by atoms with Crippen molar-refractivity contribution in [1.29, 1.82) is 0 Å². The van der Waals surface area contributed by atoms with Crippen LogP contribution in [0.25, 0.3) is 0 Å². The Morgan fingerprint density at radius 3 is 2.73 bits per heavy atom. The first-order chi connectivity index (χ1) is 10.3. The molecule has 6 heteroatoms. The summed E-state index contributed by atoms with van der Waals surface area (Å²) in [6.07, 6.45) is 0. The molecule has 0 fully saturated rings. The number of hydrogen-bond acceptors (Lipinski definition) is 4. The Morgan fingerprint density at radius 2 is 2.09 bits per heavy atom. The van der Waals surface area contributed by atoms with Gasteiger partial charge in [0.15, 0.2) is 0 Å². The summed E-state index contributed by atoms with van der Waals surface area (Å²) in [6.45, 7) is 7.47. The standard InChI is InChI=1S/C16H21FN2O3/c1-9(2)8-22-16(21)11(4)19-14-6-5-12(17)7-13(14)18-10(3)15(19)20/h5-7,9-11,18H,8H2,1-4H3. The highest BCUT2D eigenvalue weighted by Crippen LogP contribution is 2.33. The fourth-order valence-corrected chi connectivity index (χ4v) is 2.33. The Balaban J connectivity index is 2.29. The van der Waals surface area contributed by atoms with E-state index in [1.54, 1.807) is 13.8 Å². The first-order valence-corrected chi connectivity index (χ1v) is 7.37. The van der Waals surface area contributed by atoms with Crippen molar-refractivity contribution in [3.05, 3.63) is 24.0 Å². The minimum Gasteiger partial charge on any atom is -0.464 e. The van der Waals surface area contributed by atoms with E-state index in [0.717, 1.165) is 0 Å². The lowest BCUT2D eigenvalue weighted by atomic mass is 10.1. The molecule has 120 valence electrons. The van der Waals surface area contributed by atoms with E-state index in [1.165, 1.54) is 23.1 Å². The van der Waals surface area contributed by atoms with E-state index in [0.29, 0.717) is 18.0 Å². The Labute approximate surface area is 129 Å². The van der Waals surface area contributed by atoms with Gasteiger partial charge in [-0.3, -0.25) is 9.69 Å². The lowest BCUT2D eigenvalue weighted by Crippen LogP contribution is -2.52. The summed E-state index contributed by atoms with van der Waals surface area (Å²) in [7, 11) is 0. The maximum atomic E-state index is 13.4. The topological polar surface area (TPSA) is 58.6 Å². The van der Waals surface area contributed by atoms with Crippen LogP contribution in [0.3, 0.4) is 0 Å².